The van der Waals surface area contributed by atoms with Crippen LogP contribution in [0.2, 0.25) is 0 Å². The van der Waals surface area contributed by atoms with Gasteiger partial charge in [-0.3, -0.25) is 0 Å². The van der Waals surface area contributed by atoms with E-state index in [1.54, 1.807) is 0 Å². The van der Waals surface area contributed by atoms with Gasteiger partial charge in [0.15, 0.2) is 0 Å². The van der Waals surface area contributed by atoms with E-state index in [2.05, 4.69) is 39.6 Å². The Morgan fingerprint density at radius 1 is 1.08 bits per heavy atom. The molecule has 4 rings (SSSR count). The van der Waals surface area contributed by atoms with E-state index in [4.69, 9.17) is 10.5 Å². The van der Waals surface area contributed by atoms with Crippen molar-refractivity contribution in [1.29, 1.82) is 0 Å². The second-order valence-electron chi connectivity index (χ2n) is 7.06. The van der Waals surface area contributed by atoms with Gasteiger partial charge in [-0.15, -0.1) is 0 Å². The number of hydrogen-bond donors (Lipinski definition) is 2. The van der Waals surface area contributed by atoms with Crippen LogP contribution in [0.3, 0.4) is 0 Å². The van der Waals surface area contributed by atoms with E-state index in [9.17, 15) is 0 Å². The van der Waals surface area contributed by atoms with Crippen LogP contribution in [0, 0.1) is 0 Å². The zero-order valence-corrected chi connectivity index (χ0v) is 14.6. The number of nitrogens with zero attached hydrogens (tertiary/aromatic N) is 2. The molecule has 1 aromatic heterocycles. The predicted molar refractivity (Wildman–Crippen MR) is 98.8 cm³/mol. The van der Waals surface area contributed by atoms with Crippen LogP contribution in [-0.4, -0.2) is 29.2 Å². The first-order valence-electron chi connectivity index (χ1n) is 9.38. The first kappa shape index (κ1) is 16.3. The van der Waals surface area contributed by atoms with Crippen molar-refractivity contribution in [1.82, 2.24) is 15.3 Å². The van der Waals surface area contributed by atoms with E-state index in [1.807, 2.05) is 6.07 Å². The molecule has 1 saturated heterocycles. The molecular weight excluding hydrogens is 312 g/mol. The Hall–Kier alpha value is -2.14. The Morgan fingerprint density at radius 3 is 2.76 bits per heavy atom. The van der Waals surface area contributed by atoms with E-state index in [-0.39, 0.29) is 5.92 Å². The molecule has 1 fully saturated rings. The van der Waals surface area contributed by atoms with Crippen LogP contribution in [0.25, 0.3) is 0 Å². The summed E-state index contributed by atoms with van der Waals surface area (Å²) in [5.74, 6) is 1.29. The molecule has 2 heterocycles. The van der Waals surface area contributed by atoms with Gasteiger partial charge >= 0.3 is 0 Å². The number of aromatic nitrogens is 2. The molecule has 1 aliphatic carbocycles. The van der Waals surface area contributed by atoms with Crippen LogP contribution in [0.5, 0.6) is 5.88 Å². The minimum Gasteiger partial charge on any atom is -0.476 e. The average Bonchev–Trinajstić information content (AvgIpc) is 2.67. The van der Waals surface area contributed by atoms with Gasteiger partial charge in [0.25, 0.3) is 0 Å². The summed E-state index contributed by atoms with van der Waals surface area (Å²) in [5, 5.41) is 3.52. The standard InChI is InChI=1S/C20H26N4O/c21-20-23-18-16(14-7-2-1-3-8-14)10-6-11-17(18)19(24-20)25-13-15-9-4-5-12-22-15/h1-3,7-8,15-16,22H,4-6,9-13H2,(H2,21,23,24)/t15-,16?/m1/s1. The predicted octanol–water partition coefficient (Wildman–Crippen LogP) is 3.05. The Balaban J connectivity index is 1.60. The third-order valence-electron chi connectivity index (χ3n) is 5.30. The maximum atomic E-state index is 6.12. The summed E-state index contributed by atoms with van der Waals surface area (Å²) in [6, 6.07) is 11.0. The number of anilines is 1. The summed E-state index contributed by atoms with van der Waals surface area (Å²) in [7, 11) is 0. The number of ether oxygens (including phenoxy) is 1. The molecule has 2 aromatic rings. The number of fused-ring (bicyclic) bond motifs is 1. The molecular formula is C20H26N4O. The molecule has 0 spiro atoms. The lowest BCUT2D eigenvalue weighted by Crippen LogP contribution is -2.38. The van der Waals surface area contributed by atoms with E-state index in [0.717, 1.165) is 43.5 Å². The topological polar surface area (TPSA) is 73.1 Å². The van der Waals surface area contributed by atoms with Gasteiger partial charge in [0.1, 0.15) is 6.61 Å². The molecule has 2 aliphatic rings. The van der Waals surface area contributed by atoms with Crippen LogP contribution in [0.4, 0.5) is 5.95 Å². The van der Waals surface area contributed by atoms with Crippen molar-refractivity contribution in [3.8, 4) is 5.88 Å². The monoisotopic (exact) mass is 338 g/mol. The van der Waals surface area contributed by atoms with Gasteiger partial charge in [-0.05, 0) is 44.2 Å². The first-order valence-corrected chi connectivity index (χ1v) is 9.38. The lowest BCUT2D eigenvalue weighted by Gasteiger charge is -2.27. The number of benzene rings is 1. The fourth-order valence-electron chi connectivity index (χ4n) is 4.01. The van der Waals surface area contributed by atoms with Crippen molar-refractivity contribution in [2.45, 2.75) is 50.5 Å². The third kappa shape index (κ3) is 3.61. The largest absolute Gasteiger partial charge is 0.476 e. The fourth-order valence-corrected chi connectivity index (χ4v) is 4.01. The molecule has 0 amide bonds. The lowest BCUT2D eigenvalue weighted by atomic mass is 9.82. The number of rotatable bonds is 4. The summed E-state index contributed by atoms with van der Waals surface area (Å²) in [5.41, 5.74) is 9.50. The molecule has 25 heavy (non-hydrogen) atoms. The highest BCUT2D eigenvalue weighted by molar-refractivity contribution is 5.43. The Labute approximate surface area is 149 Å². The summed E-state index contributed by atoms with van der Waals surface area (Å²) in [6.45, 7) is 1.73. The molecule has 1 aliphatic heterocycles. The normalized spacial score (nSPS) is 23.0. The number of nitrogen functional groups attached to an aromatic ring is 1. The van der Waals surface area contributed by atoms with Crippen molar-refractivity contribution in [3.05, 3.63) is 47.2 Å². The molecule has 1 unspecified atom stereocenters. The van der Waals surface area contributed by atoms with Crippen LogP contribution >= 0.6 is 0 Å². The quantitative estimate of drug-likeness (QED) is 0.896. The van der Waals surface area contributed by atoms with Crippen molar-refractivity contribution < 1.29 is 4.74 Å². The van der Waals surface area contributed by atoms with Gasteiger partial charge in [-0.2, -0.15) is 4.98 Å². The average molecular weight is 338 g/mol. The maximum Gasteiger partial charge on any atom is 0.223 e. The second-order valence-corrected chi connectivity index (χ2v) is 7.06. The number of nitrogens with one attached hydrogen (secondary N) is 1. The highest BCUT2D eigenvalue weighted by Crippen LogP contribution is 2.38. The fraction of sp³-hybridized carbons (Fsp3) is 0.500. The van der Waals surface area contributed by atoms with Crippen molar-refractivity contribution in [2.75, 3.05) is 18.9 Å². The zero-order valence-electron chi connectivity index (χ0n) is 14.6. The Bertz CT molecular complexity index is 713. The lowest BCUT2D eigenvalue weighted by molar-refractivity contribution is 0.229. The zero-order chi connectivity index (χ0) is 17.1. The van der Waals surface area contributed by atoms with Gasteiger partial charge in [0.05, 0.1) is 5.69 Å². The second kappa shape index (κ2) is 7.40. The van der Waals surface area contributed by atoms with Gasteiger partial charge in [0.2, 0.25) is 11.8 Å². The summed E-state index contributed by atoms with van der Waals surface area (Å²) in [6.07, 6.45) is 6.86. The molecule has 5 nitrogen and oxygen atoms in total. The van der Waals surface area contributed by atoms with Crippen LogP contribution in [-0.2, 0) is 6.42 Å². The van der Waals surface area contributed by atoms with E-state index in [1.165, 1.54) is 18.4 Å². The Morgan fingerprint density at radius 2 is 1.96 bits per heavy atom. The maximum absolute atomic E-state index is 6.12. The van der Waals surface area contributed by atoms with Crippen molar-refractivity contribution in [3.63, 3.8) is 0 Å². The molecule has 0 radical (unpaired) electrons. The molecule has 3 N–H and O–H groups in total. The van der Waals surface area contributed by atoms with E-state index in [0.29, 0.717) is 24.5 Å². The Kier molecular flexibility index (Phi) is 4.83. The van der Waals surface area contributed by atoms with Crippen LogP contribution < -0.4 is 15.8 Å². The highest BCUT2D eigenvalue weighted by Gasteiger charge is 2.28. The van der Waals surface area contributed by atoms with E-state index >= 15 is 0 Å². The molecule has 2 atom stereocenters. The van der Waals surface area contributed by atoms with Crippen LogP contribution in [0.15, 0.2) is 30.3 Å². The third-order valence-corrected chi connectivity index (χ3v) is 5.30. The number of hydrogen-bond acceptors (Lipinski definition) is 5. The van der Waals surface area contributed by atoms with Crippen LogP contribution in [0.1, 0.15) is 54.8 Å². The van der Waals surface area contributed by atoms with Gasteiger partial charge in [-0.25, -0.2) is 4.98 Å². The summed E-state index contributed by atoms with van der Waals surface area (Å²) < 4.78 is 6.12. The highest BCUT2D eigenvalue weighted by atomic mass is 16.5. The minimum absolute atomic E-state index is 0.283. The van der Waals surface area contributed by atoms with Gasteiger partial charge in [-0.1, -0.05) is 36.8 Å². The first-order chi connectivity index (χ1) is 12.3. The van der Waals surface area contributed by atoms with Crippen molar-refractivity contribution in [2.24, 2.45) is 0 Å². The van der Waals surface area contributed by atoms with Crippen molar-refractivity contribution >= 4 is 5.95 Å². The van der Waals surface area contributed by atoms with Gasteiger partial charge < -0.3 is 15.8 Å². The minimum atomic E-state index is 0.283. The SMILES string of the molecule is Nc1nc(OC[C@H]2CCCCN2)c2c(n1)C(c1ccccc1)CCC2. The smallest absolute Gasteiger partial charge is 0.223 e. The molecule has 5 heteroatoms. The molecule has 0 saturated carbocycles. The van der Waals surface area contributed by atoms with E-state index < -0.39 is 0 Å². The summed E-state index contributed by atoms with van der Waals surface area (Å²) >= 11 is 0. The number of piperidine rings is 1. The molecule has 0 bridgehead atoms. The molecule has 1 aromatic carbocycles. The molecule has 132 valence electrons. The summed E-state index contributed by atoms with van der Waals surface area (Å²) in [4.78, 5) is 9.01. The van der Waals surface area contributed by atoms with Gasteiger partial charge in [0, 0.05) is 17.5 Å². The number of nitrogens with two attached hydrogens (primary N) is 1.